The van der Waals surface area contributed by atoms with E-state index in [0.29, 0.717) is 0 Å². The standard InChI is InChI=1S/C18H29N3O2/c1-11(2)19-16(22)10-21(7)15(6)18(23)20-17-13(4)8-12(3)9-14(17)5/h8-9,11,15H,10H2,1-7H3,(H,19,22)(H,20,23)/t15-/m1/s1. The van der Waals surface area contributed by atoms with E-state index in [1.165, 1.54) is 5.56 Å². The van der Waals surface area contributed by atoms with Crippen molar-refractivity contribution in [2.45, 2.75) is 53.6 Å². The highest BCUT2D eigenvalue weighted by molar-refractivity contribution is 5.96. The Morgan fingerprint density at radius 1 is 1.09 bits per heavy atom. The molecule has 5 heteroatoms. The van der Waals surface area contributed by atoms with Crippen LogP contribution in [0.1, 0.15) is 37.5 Å². The molecule has 0 radical (unpaired) electrons. The van der Waals surface area contributed by atoms with E-state index in [9.17, 15) is 9.59 Å². The molecule has 1 aromatic carbocycles. The fraction of sp³-hybridized carbons (Fsp3) is 0.556. The molecule has 0 aliphatic rings. The maximum Gasteiger partial charge on any atom is 0.241 e. The predicted octanol–water partition coefficient (Wildman–Crippen LogP) is 2.40. The number of hydrogen-bond donors (Lipinski definition) is 2. The Morgan fingerprint density at radius 2 is 1.61 bits per heavy atom. The van der Waals surface area contributed by atoms with Gasteiger partial charge < -0.3 is 10.6 Å². The number of carbonyl (C=O) groups is 2. The average Bonchev–Trinajstić information content (AvgIpc) is 2.40. The molecule has 0 aromatic heterocycles. The van der Waals surface area contributed by atoms with Crippen LogP contribution in [-0.2, 0) is 9.59 Å². The van der Waals surface area contributed by atoms with Crippen molar-refractivity contribution >= 4 is 17.5 Å². The van der Waals surface area contributed by atoms with E-state index in [0.717, 1.165) is 16.8 Å². The molecular weight excluding hydrogens is 290 g/mol. The van der Waals surface area contributed by atoms with Gasteiger partial charge in [0.15, 0.2) is 0 Å². The number of benzene rings is 1. The molecule has 2 N–H and O–H groups in total. The SMILES string of the molecule is Cc1cc(C)c(NC(=O)[C@@H](C)N(C)CC(=O)NC(C)C)c(C)c1. The summed E-state index contributed by atoms with van der Waals surface area (Å²) in [5, 5.41) is 5.82. The Balaban J connectivity index is 2.72. The lowest BCUT2D eigenvalue weighted by Crippen LogP contribution is -2.46. The fourth-order valence-corrected chi connectivity index (χ4v) is 2.54. The molecule has 0 unspecified atom stereocenters. The van der Waals surface area contributed by atoms with Crippen LogP contribution < -0.4 is 10.6 Å². The van der Waals surface area contributed by atoms with Gasteiger partial charge in [-0.1, -0.05) is 17.7 Å². The molecule has 1 rings (SSSR count). The number of nitrogens with zero attached hydrogens (tertiary/aromatic N) is 1. The van der Waals surface area contributed by atoms with Crippen molar-refractivity contribution in [1.29, 1.82) is 0 Å². The van der Waals surface area contributed by atoms with Gasteiger partial charge in [-0.2, -0.15) is 0 Å². The Morgan fingerprint density at radius 3 is 2.09 bits per heavy atom. The van der Waals surface area contributed by atoms with Crippen molar-refractivity contribution in [2.75, 3.05) is 18.9 Å². The second kappa shape index (κ2) is 8.11. The molecule has 23 heavy (non-hydrogen) atoms. The van der Waals surface area contributed by atoms with Gasteiger partial charge >= 0.3 is 0 Å². The van der Waals surface area contributed by atoms with E-state index in [-0.39, 0.29) is 24.4 Å². The van der Waals surface area contributed by atoms with Crippen molar-refractivity contribution in [3.05, 3.63) is 28.8 Å². The topological polar surface area (TPSA) is 61.4 Å². The number of carbonyl (C=O) groups excluding carboxylic acids is 2. The van der Waals surface area contributed by atoms with Gasteiger partial charge in [-0.15, -0.1) is 0 Å². The van der Waals surface area contributed by atoms with E-state index < -0.39 is 6.04 Å². The third-order valence-corrected chi connectivity index (χ3v) is 3.81. The second-order valence-electron chi connectivity index (χ2n) is 6.58. The maximum atomic E-state index is 12.5. The van der Waals surface area contributed by atoms with Crippen LogP contribution >= 0.6 is 0 Å². The molecular formula is C18H29N3O2. The lowest BCUT2D eigenvalue weighted by Gasteiger charge is -2.24. The van der Waals surface area contributed by atoms with Gasteiger partial charge in [-0.05, 0) is 59.7 Å². The van der Waals surface area contributed by atoms with Gasteiger partial charge in [0, 0.05) is 11.7 Å². The molecule has 0 spiro atoms. The predicted molar refractivity (Wildman–Crippen MR) is 94.7 cm³/mol. The number of anilines is 1. The van der Waals surface area contributed by atoms with Crippen LogP contribution in [0, 0.1) is 20.8 Å². The molecule has 0 saturated heterocycles. The third-order valence-electron chi connectivity index (χ3n) is 3.81. The molecule has 0 bridgehead atoms. The summed E-state index contributed by atoms with van der Waals surface area (Å²) in [4.78, 5) is 26.0. The second-order valence-corrected chi connectivity index (χ2v) is 6.58. The van der Waals surface area contributed by atoms with E-state index in [4.69, 9.17) is 0 Å². The summed E-state index contributed by atoms with van der Waals surface area (Å²) in [5.74, 6) is -0.190. The molecule has 0 saturated carbocycles. The summed E-state index contributed by atoms with van der Waals surface area (Å²) in [5.41, 5.74) is 4.12. The molecule has 0 heterocycles. The van der Waals surface area contributed by atoms with Crippen molar-refractivity contribution in [3.8, 4) is 0 Å². The van der Waals surface area contributed by atoms with Gasteiger partial charge in [-0.3, -0.25) is 14.5 Å². The summed E-state index contributed by atoms with van der Waals surface area (Å²) in [7, 11) is 1.78. The van der Waals surface area contributed by atoms with Crippen molar-refractivity contribution < 1.29 is 9.59 Å². The van der Waals surface area contributed by atoms with E-state index in [1.807, 2.05) is 46.8 Å². The van der Waals surface area contributed by atoms with E-state index in [2.05, 4.69) is 10.6 Å². The Kier molecular flexibility index (Phi) is 6.76. The Bertz CT molecular complexity index is 559. The molecule has 5 nitrogen and oxygen atoms in total. The molecule has 2 amide bonds. The van der Waals surface area contributed by atoms with Crippen LogP contribution in [0.4, 0.5) is 5.69 Å². The van der Waals surface area contributed by atoms with Crippen LogP contribution in [0.25, 0.3) is 0 Å². The van der Waals surface area contributed by atoms with E-state index >= 15 is 0 Å². The first kappa shape index (κ1) is 19.2. The van der Waals surface area contributed by atoms with Crippen LogP contribution in [0.2, 0.25) is 0 Å². The summed E-state index contributed by atoms with van der Waals surface area (Å²) in [6.45, 7) is 11.8. The zero-order chi connectivity index (χ0) is 17.7. The minimum atomic E-state index is -0.395. The molecule has 1 aromatic rings. The van der Waals surface area contributed by atoms with Crippen molar-refractivity contribution in [2.24, 2.45) is 0 Å². The van der Waals surface area contributed by atoms with Gasteiger partial charge in [0.05, 0.1) is 12.6 Å². The third kappa shape index (κ3) is 5.67. The maximum absolute atomic E-state index is 12.5. The number of hydrogen-bond acceptors (Lipinski definition) is 3. The van der Waals surface area contributed by atoms with Gasteiger partial charge in [0.1, 0.15) is 0 Å². The molecule has 1 atom stereocenters. The smallest absolute Gasteiger partial charge is 0.241 e. The summed E-state index contributed by atoms with van der Waals surface area (Å²) in [6, 6.07) is 3.80. The zero-order valence-corrected chi connectivity index (χ0v) is 15.3. The highest BCUT2D eigenvalue weighted by atomic mass is 16.2. The summed E-state index contributed by atoms with van der Waals surface area (Å²) < 4.78 is 0. The molecule has 128 valence electrons. The minimum absolute atomic E-state index is 0.0788. The zero-order valence-electron chi connectivity index (χ0n) is 15.3. The monoisotopic (exact) mass is 319 g/mol. The summed E-state index contributed by atoms with van der Waals surface area (Å²) >= 11 is 0. The normalized spacial score (nSPS) is 12.4. The van der Waals surface area contributed by atoms with Crippen LogP contribution in [0.5, 0.6) is 0 Å². The lowest BCUT2D eigenvalue weighted by atomic mass is 10.0. The summed E-state index contributed by atoms with van der Waals surface area (Å²) in [6.07, 6.45) is 0. The molecule has 0 aliphatic carbocycles. The number of likely N-dealkylation sites (N-methyl/N-ethyl adjacent to an activating group) is 1. The molecule has 0 fully saturated rings. The largest absolute Gasteiger partial charge is 0.353 e. The Labute approximate surface area is 139 Å². The quantitative estimate of drug-likeness (QED) is 0.846. The number of nitrogens with one attached hydrogen (secondary N) is 2. The van der Waals surface area contributed by atoms with Gasteiger partial charge in [-0.25, -0.2) is 0 Å². The lowest BCUT2D eigenvalue weighted by molar-refractivity contribution is -0.125. The average molecular weight is 319 g/mol. The first-order valence-corrected chi connectivity index (χ1v) is 8.00. The first-order valence-electron chi connectivity index (χ1n) is 8.00. The first-order chi connectivity index (χ1) is 10.6. The van der Waals surface area contributed by atoms with Crippen molar-refractivity contribution in [3.63, 3.8) is 0 Å². The number of aryl methyl sites for hydroxylation is 3. The fourth-order valence-electron chi connectivity index (χ4n) is 2.54. The van der Waals surface area contributed by atoms with Crippen LogP contribution in [-0.4, -0.2) is 42.4 Å². The minimum Gasteiger partial charge on any atom is -0.353 e. The molecule has 0 aliphatic heterocycles. The highest BCUT2D eigenvalue weighted by Gasteiger charge is 2.21. The number of amides is 2. The highest BCUT2D eigenvalue weighted by Crippen LogP contribution is 2.22. The van der Waals surface area contributed by atoms with Gasteiger partial charge in [0.25, 0.3) is 0 Å². The van der Waals surface area contributed by atoms with E-state index in [1.54, 1.807) is 18.9 Å². The number of rotatable bonds is 6. The van der Waals surface area contributed by atoms with Crippen molar-refractivity contribution in [1.82, 2.24) is 10.2 Å². The van der Waals surface area contributed by atoms with Crippen LogP contribution in [0.15, 0.2) is 12.1 Å². The van der Waals surface area contributed by atoms with Crippen LogP contribution in [0.3, 0.4) is 0 Å². The Hall–Kier alpha value is -1.88. The van der Waals surface area contributed by atoms with Gasteiger partial charge in [0.2, 0.25) is 11.8 Å².